The van der Waals surface area contributed by atoms with Gasteiger partial charge in [-0.2, -0.15) is 0 Å². The Hall–Kier alpha value is -2.16. The van der Waals surface area contributed by atoms with Crippen molar-refractivity contribution in [2.75, 3.05) is 0 Å². The van der Waals surface area contributed by atoms with Gasteiger partial charge in [0.1, 0.15) is 0 Å². The molecule has 0 saturated heterocycles. The first-order chi connectivity index (χ1) is 6.81. The van der Waals surface area contributed by atoms with Crippen molar-refractivity contribution in [2.45, 2.75) is 13.3 Å². The van der Waals surface area contributed by atoms with E-state index in [4.69, 9.17) is 11.1 Å². The molecular weight excluding hydrogens is 180 g/mol. The highest BCUT2D eigenvalue weighted by Gasteiger charge is 1.98. The molecule has 0 bridgehead atoms. The molecule has 0 aliphatic rings. The van der Waals surface area contributed by atoms with Crippen LogP contribution in [0.15, 0.2) is 28.4 Å². The van der Waals surface area contributed by atoms with Crippen molar-refractivity contribution in [1.82, 2.24) is 0 Å². The highest BCUT2D eigenvalue weighted by atomic mass is 15.1. The van der Waals surface area contributed by atoms with E-state index in [1.165, 1.54) is 0 Å². The van der Waals surface area contributed by atoms with Gasteiger partial charge in [-0.15, -0.1) is 0 Å². The van der Waals surface area contributed by atoms with Gasteiger partial charge in [-0.3, -0.25) is 0 Å². The van der Waals surface area contributed by atoms with Crippen molar-refractivity contribution in [3.8, 4) is 0 Å². The van der Waals surface area contributed by atoms with Crippen LogP contribution in [-0.2, 0) is 6.42 Å². The zero-order valence-electron chi connectivity index (χ0n) is 7.62. The molecule has 0 unspecified atom stereocenters. The van der Waals surface area contributed by atoms with E-state index in [0.717, 1.165) is 12.0 Å². The lowest BCUT2D eigenvalue weighted by Crippen LogP contribution is -1.79. The Morgan fingerprint density at radius 1 is 1.21 bits per heavy atom. The van der Waals surface area contributed by atoms with Crippen LogP contribution in [0.25, 0.3) is 20.9 Å². The normalized spacial score (nSPS) is 8.64. The summed E-state index contributed by atoms with van der Waals surface area (Å²) in [5, 5.41) is 6.94. The Morgan fingerprint density at radius 2 is 1.93 bits per heavy atom. The lowest BCUT2D eigenvalue weighted by atomic mass is 10.1. The van der Waals surface area contributed by atoms with Crippen molar-refractivity contribution in [2.24, 2.45) is 10.2 Å². The summed E-state index contributed by atoms with van der Waals surface area (Å²) >= 11 is 0. The fourth-order valence-corrected chi connectivity index (χ4v) is 1.11. The van der Waals surface area contributed by atoms with Crippen molar-refractivity contribution < 1.29 is 0 Å². The molecule has 0 saturated carbocycles. The van der Waals surface area contributed by atoms with E-state index in [-0.39, 0.29) is 0 Å². The zero-order valence-corrected chi connectivity index (χ0v) is 7.62. The number of hydrogen-bond donors (Lipinski definition) is 0. The Morgan fingerprint density at radius 3 is 2.50 bits per heavy atom. The number of benzene rings is 1. The van der Waals surface area contributed by atoms with E-state index >= 15 is 0 Å². The molecule has 0 aliphatic heterocycles. The lowest BCUT2D eigenvalue weighted by molar-refractivity contribution is 1.13. The standard InChI is InChI=1S/C8H8N6/c1-2-6-3-4-7(11-13-9)5-8(6)12-14-10/h3-5H,2H2,1H3. The van der Waals surface area contributed by atoms with Gasteiger partial charge in [0.2, 0.25) is 0 Å². The molecule has 6 nitrogen and oxygen atoms in total. The van der Waals surface area contributed by atoms with Gasteiger partial charge in [0.25, 0.3) is 0 Å². The molecule has 0 aromatic heterocycles. The lowest BCUT2D eigenvalue weighted by Gasteiger charge is -2.01. The van der Waals surface area contributed by atoms with Crippen LogP contribution < -0.4 is 0 Å². The smallest absolute Gasteiger partial charge is 0.0411 e. The van der Waals surface area contributed by atoms with Crippen LogP contribution >= 0.6 is 0 Å². The minimum atomic E-state index is 0.451. The summed E-state index contributed by atoms with van der Waals surface area (Å²) in [5.41, 5.74) is 18.4. The van der Waals surface area contributed by atoms with Crippen LogP contribution in [0.1, 0.15) is 12.5 Å². The summed E-state index contributed by atoms with van der Waals surface area (Å²) in [6, 6.07) is 5.04. The van der Waals surface area contributed by atoms with Gasteiger partial charge in [0.15, 0.2) is 0 Å². The highest BCUT2D eigenvalue weighted by Crippen LogP contribution is 2.26. The fourth-order valence-electron chi connectivity index (χ4n) is 1.11. The average molecular weight is 188 g/mol. The summed E-state index contributed by atoms with van der Waals surface area (Å²) in [6.45, 7) is 1.96. The highest BCUT2D eigenvalue weighted by molar-refractivity contribution is 5.55. The molecule has 70 valence electrons. The van der Waals surface area contributed by atoms with E-state index in [1.54, 1.807) is 18.2 Å². The maximum atomic E-state index is 8.32. The maximum Gasteiger partial charge on any atom is 0.0411 e. The van der Waals surface area contributed by atoms with Gasteiger partial charge in [0, 0.05) is 21.2 Å². The van der Waals surface area contributed by atoms with Crippen LogP contribution in [0.5, 0.6) is 0 Å². The molecule has 0 N–H and O–H groups in total. The predicted octanol–water partition coefficient (Wildman–Crippen LogP) is 4.13. The first kappa shape index (κ1) is 9.92. The van der Waals surface area contributed by atoms with Gasteiger partial charge in [-0.05, 0) is 29.1 Å². The van der Waals surface area contributed by atoms with Crippen molar-refractivity contribution in [3.05, 3.63) is 44.6 Å². The molecule has 0 spiro atoms. The summed E-state index contributed by atoms with van der Waals surface area (Å²) in [7, 11) is 0. The van der Waals surface area contributed by atoms with Crippen molar-refractivity contribution >= 4 is 11.4 Å². The van der Waals surface area contributed by atoms with E-state index in [1.807, 2.05) is 6.92 Å². The minimum absolute atomic E-state index is 0.451. The second kappa shape index (κ2) is 4.77. The molecule has 14 heavy (non-hydrogen) atoms. The Labute approximate surface area is 80.4 Å². The summed E-state index contributed by atoms with van der Waals surface area (Å²) in [5.74, 6) is 0. The summed E-state index contributed by atoms with van der Waals surface area (Å²) in [6.07, 6.45) is 0.769. The third-order valence-electron chi connectivity index (χ3n) is 1.76. The molecule has 0 heterocycles. The minimum Gasteiger partial charge on any atom is -0.0613 e. The van der Waals surface area contributed by atoms with E-state index in [9.17, 15) is 0 Å². The number of aryl methyl sites for hydroxylation is 1. The second-order valence-electron chi connectivity index (χ2n) is 2.55. The van der Waals surface area contributed by atoms with Crippen LogP contribution in [0.4, 0.5) is 11.4 Å². The van der Waals surface area contributed by atoms with Gasteiger partial charge >= 0.3 is 0 Å². The van der Waals surface area contributed by atoms with Crippen LogP contribution in [0.3, 0.4) is 0 Å². The first-order valence-corrected chi connectivity index (χ1v) is 4.05. The van der Waals surface area contributed by atoms with E-state index in [0.29, 0.717) is 11.4 Å². The molecule has 1 aromatic carbocycles. The first-order valence-electron chi connectivity index (χ1n) is 4.05. The molecule has 0 atom stereocenters. The predicted molar refractivity (Wildman–Crippen MR) is 53.4 cm³/mol. The number of rotatable bonds is 3. The Kier molecular flexibility index (Phi) is 3.38. The Bertz CT molecular complexity index is 425. The third kappa shape index (κ3) is 2.17. The van der Waals surface area contributed by atoms with Gasteiger partial charge < -0.3 is 0 Å². The van der Waals surface area contributed by atoms with E-state index in [2.05, 4.69) is 20.1 Å². The number of nitrogens with zero attached hydrogens (tertiary/aromatic N) is 6. The van der Waals surface area contributed by atoms with Crippen LogP contribution in [-0.4, -0.2) is 0 Å². The van der Waals surface area contributed by atoms with Gasteiger partial charge in [-0.25, -0.2) is 0 Å². The summed E-state index contributed by atoms with van der Waals surface area (Å²) in [4.78, 5) is 5.36. The topological polar surface area (TPSA) is 97.5 Å². The van der Waals surface area contributed by atoms with Crippen LogP contribution in [0.2, 0.25) is 0 Å². The molecule has 0 amide bonds. The van der Waals surface area contributed by atoms with Crippen molar-refractivity contribution in [1.29, 1.82) is 0 Å². The molecule has 6 heteroatoms. The molecular formula is C8H8N6. The van der Waals surface area contributed by atoms with E-state index < -0.39 is 0 Å². The van der Waals surface area contributed by atoms with Crippen LogP contribution in [0, 0.1) is 0 Å². The zero-order chi connectivity index (χ0) is 10.4. The number of hydrogen-bond acceptors (Lipinski definition) is 2. The molecule has 1 rings (SSSR count). The second-order valence-corrected chi connectivity index (χ2v) is 2.55. The average Bonchev–Trinajstić information content (AvgIpc) is 2.19. The third-order valence-corrected chi connectivity index (χ3v) is 1.76. The quantitative estimate of drug-likeness (QED) is 0.387. The molecule has 0 fully saturated rings. The number of azide groups is 2. The van der Waals surface area contributed by atoms with Crippen molar-refractivity contribution in [3.63, 3.8) is 0 Å². The van der Waals surface area contributed by atoms with Gasteiger partial charge in [0.05, 0.1) is 0 Å². The largest absolute Gasteiger partial charge is 0.0613 e. The summed E-state index contributed by atoms with van der Waals surface area (Å²) < 4.78 is 0. The Balaban J connectivity index is 3.26. The fraction of sp³-hybridized carbons (Fsp3) is 0.250. The molecule has 1 aromatic rings. The van der Waals surface area contributed by atoms with Gasteiger partial charge in [-0.1, -0.05) is 29.3 Å². The maximum absolute atomic E-state index is 8.32. The molecule has 0 radical (unpaired) electrons. The molecule has 0 aliphatic carbocycles. The monoisotopic (exact) mass is 188 g/mol. The SMILES string of the molecule is CCc1ccc(N=[N+]=[N-])cc1N=[N+]=[N-].